The number of carbonyl (C=O) groups excluding carboxylic acids is 1. The summed E-state index contributed by atoms with van der Waals surface area (Å²) in [5, 5.41) is 0. The highest BCUT2D eigenvalue weighted by Crippen LogP contribution is 2.31. The summed E-state index contributed by atoms with van der Waals surface area (Å²) in [6.45, 7) is 5.60. The molecule has 0 N–H and O–H groups in total. The standard InChI is InChI=1S/C15H17F3O2/c1-4-20-13(19)9-10-14(2,3)11-5-7-12(8-6-11)15(16,17)18/h5-10H,4H2,1-3H3/b10-9+. The SMILES string of the molecule is CCOC(=O)/C=C/C(C)(C)c1ccc(C(F)(F)F)cc1. The summed E-state index contributed by atoms with van der Waals surface area (Å²) in [5.41, 5.74) is -0.561. The zero-order chi connectivity index (χ0) is 15.4. The van der Waals surface area contributed by atoms with Crippen LogP contribution in [0.5, 0.6) is 0 Å². The number of ether oxygens (including phenoxy) is 1. The molecule has 0 spiro atoms. The van der Waals surface area contributed by atoms with Crippen molar-refractivity contribution in [2.75, 3.05) is 6.61 Å². The minimum Gasteiger partial charge on any atom is -0.463 e. The summed E-state index contributed by atoms with van der Waals surface area (Å²) >= 11 is 0. The summed E-state index contributed by atoms with van der Waals surface area (Å²) in [6.07, 6.45) is -1.43. The van der Waals surface area contributed by atoms with Gasteiger partial charge in [-0.1, -0.05) is 32.1 Å². The normalized spacial score (nSPS) is 12.7. The van der Waals surface area contributed by atoms with Gasteiger partial charge in [-0.05, 0) is 24.6 Å². The maximum absolute atomic E-state index is 12.5. The molecule has 0 atom stereocenters. The van der Waals surface area contributed by atoms with E-state index in [1.807, 2.05) is 13.8 Å². The van der Waals surface area contributed by atoms with Crippen LogP contribution in [0.1, 0.15) is 31.9 Å². The highest BCUT2D eigenvalue weighted by atomic mass is 19.4. The van der Waals surface area contributed by atoms with Gasteiger partial charge in [0.1, 0.15) is 0 Å². The number of alkyl halides is 3. The van der Waals surface area contributed by atoms with E-state index >= 15 is 0 Å². The van der Waals surface area contributed by atoms with Crippen molar-refractivity contribution in [3.63, 3.8) is 0 Å². The van der Waals surface area contributed by atoms with Gasteiger partial charge in [0.15, 0.2) is 0 Å². The molecule has 0 saturated heterocycles. The molecule has 0 unspecified atom stereocenters. The van der Waals surface area contributed by atoms with Gasteiger partial charge in [0.05, 0.1) is 12.2 Å². The van der Waals surface area contributed by atoms with Crippen molar-refractivity contribution in [3.8, 4) is 0 Å². The second-order valence-electron chi connectivity index (χ2n) is 4.88. The fraction of sp³-hybridized carbons (Fsp3) is 0.400. The number of allylic oxidation sites excluding steroid dienone is 1. The molecular formula is C15H17F3O2. The minimum atomic E-state index is -4.34. The van der Waals surface area contributed by atoms with Gasteiger partial charge in [0, 0.05) is 11.5 Å². The molecule has 1 aromatic rings. The first-order valence-corrected chi connectivity index (χ1v) is 6.20. The van der Waals surface area contributed by atoms with Crippen LogP contribution in [0.15, 0.2) is 36.4 Å². The van der Waals surface area contributed by atoms with E-state index in [0.29, 0.717) is 5.56 Å². The number of esters is 1. The number of benzene rings is 1. The molecule has 0 aromatic heterocycles. The quantitative estimate of drug-likeness (QED) is 0.615. The Hall–Kier alpha value is -1.78. The van der Waals surface area contributed by atoms with Gasteiger partial charge in [-0.25, -0.2) is 4.79 Å². The van der Waals surface area contributed by atoms with Crippen LogP contribution in [0, 0.1) is 0 Å². The van der Waals surface area contributed by atoms with Crippen LogP contribution in [0.3, 0.4) is 0 Å². The summed E-state index contributed by atoms with van der Waals surface area (Å²) in [5.74, 6) is -0.465. The van der Waals surface area contributed by atoms with E-state index in [4.69, 9.17) is 4.74 Å². The van der Waals surface area contributed by atoms with Crippen molar-refractivity contribution in [2.45, 2.75) is 32.4 Å². The molecule has 0 aliphatic heterocycles. The van der Waals surface area contributed by atoms with Crippen LogP contribution in [-0.2, 0) is 21.1 Å². The molecule has 0 amide bonds. The molecular weight excluding hydrogens is 269 g/mol. The van der Waals surface area contributed by atoms with Gasteiger partial charge in [0.25, 0.3) is 0 Å². The minimum absolute atomic E-state index is 0.282. The lowest BCUT2D eigenvalue weighted by Gasteiger charge is -2.21. The Morgan fingerprint density at radius 3 is 2.10 bits per heavy atom. The van der Waals surface area contributed by atoms with Crippen LogP contribution in [-0.4, -0.2) is 12.6 Å². The second-order valence-corrected chi connectivity index (χ2v) is 4.88. The third-order valence-corrected chi connectivity index (χ3v) is 2.88. The van der Waals surface area contributed by atoms with Gasteiger partial charge in [0.2, 0.25) is 0 Å². The first-order valence-electron chi connectivity index (χ1n) is 6.20. The lowest BCUT2D eigenvalue weighted by Crippen LogP contribution is -2.15. The zero-order valence-corrected chi connectivity index (χ0v) is 11.6. The molecule has 0 heterocycles. The van der Waals surface area contributed by atoms with Crippen molar-refractivity contribution in [1.29, 1.82) is 0 Å². The van der Waals surface area contributed by atoms with E-state index < -0.39 is 23.1 Å². The van der Waals surface area contributed by atoms with E-state index in [2.05, 4.69) is 0 Å². The maximum Gasteiger partial charge on any atom is 0.416 e. The lowest BCUT2D eigenvalue weighted by atomic mass is 9.84. The smallest absolute Gasteiger partial charge is 0.416 e. The molecule has 110 valence electrons. The van der Waals surface area contributed by atoms with Crippen molar-refractivity contribution < 1.29 is 22.7 Å². The number of hydrogen-bond donors (Lipinski definition) is 0. The van der Waals surface area contributed by atoms with E-state index in [1.54, 1.807) is 13.0 Å². The molecule has 0 aliphatic rings. The molecule has 1 aromatic carbocycles. The molecule has 0 aliphatic carbocycles. The molecule has 5 heteroatoms. The van der Waals surface area contributed by atoms with Crippen LogP contribution in [0.4, 0.5) is 13.2 Å². The number of halogens is 3. The fourth-order valence-electron chi connectivity index (χ4n) is 1.65. The van der Waals surface area contributed by atoms with Gasteiger partial charge < -0.3 is 4.74 Å². The maximum atomic E-state index is 12.5. The summed E-state index contributed by atoms with van der Waals surface area (Å²) in [7, 11) is 0. The fourth-order valence-corrected chi connectivity index (χ4v) is 1.65. The topological polar surface area (TPSA) is 26.3 Å². The third kappa shape index (κ3) is 4.40. The Kier molecular flexibility index (Phi) is 4.98. The van der Waals surface area contributed by atoms with Crippen molar-refractivity contribution in [3.05, 3.63) is 47.5 Å². The van der Waals surface area contributed by atoms with Gasteiger partial charge in [-0.15, -0.1) is 0 Å². The summed E-state index contributed by atoms with van der Waals surface area (Å²) in [6, 6.07) is 4.90. The number of rotatable bonds is 4. The molecule has 0 bridgehead atoms. The Balaban J connectivity index is 2.90. The van der Waals surface area contributed by atoms with Crippen molar-refractivity contribution in [2.24, 2.45) is 0 Å². The Morgan fingerprint density at radius 1 is 1.15 bits per heavy atom. The lowest BCUT2D eigenvalue weighted by molar-refractivity contribution is -0.138. The monoisotopic (exact) mass is 286 g/mol. The molecule has 0 saturated carbocycles. The predicted molar refractivity (Wildman–Crippen MR) is 70.2 cm³/mol. The van der Waals surface area contributed by atoms with Crippen LogP contribution in [0.25, 0.3) is 0 Å². The summed E-state index contributed by atoms with van der Waals surface area (Å²) < 4.78 is 42.2. The van der Waals surface area contributed by atoms with Gasteiger partial charge in [-0.3, -0.25) is 0 Å². The highest BCUT2D eigenvalue weighted by Gasteiger charge is 2.30. The highest BCUT2D eigenvalue weighted by molar-refractivity contribution is 5.82. The van der Waals surface area contributed by atoms with E-state index in [-0.39, 0.29) is 6.61 Å². The van der Waals surface area contributed by atoms with E-state index in [1.165, 1.54) is 18.2 Å². The van der Waals surface area contributed by atoms with E-state index in [9.17, 15) is 18.0 Å². The molecule has 0 fully saturated rings. The third-order valence-electron chi connectivity index (χ3n) is 2.88. The van der Waals surface area contributed by atoms with Crippen molar-refractivity contribution >= 4 is 5.97 Å². The molecule has 1 rings (SSSR count). The second kappa shape index (κ2) is 6.11. The number of carbonyl (C=O) groups is 1. The Morgan fingerprint density at radius 2 is 1.65 bits per heavy atom. The van der Waals surface area contributed by atoms with Crippen molar-refractivity contribution in [1.82, 2.24) is 0 Å². The molecule has 2 nitrogen and oxygen atoms in total. The molecule has 0 radical (unpaired) electrons. The predicted octanol–water partition coefficient (Wildman–Crippen LogP) is 4.10. The average molecular weight is 286 g/mol. The van der Waals surface area contributed by atoms with Crippen LogP contribution in [0.2, 0.25) is 0 Å². The van der Waals surface area contributed by atoms with Crippen LogP contribution < -0.4 is 0 Å². The van der Waals surface area contributed by atoms with Crippen LogP contribution >= 0.6 is 0 Å². The largest absolute Gasteiger partial charge is 0.463 e. The first-order chi connectivity index (χ1) is 9.16. The average Bonchev–Trinajstić information content (AvgIpc) is 2.36. The van der Waals surface area contributed by atoms with E-state index in [0.717, 1.165) is 12.1 Å². The number of hydrogen-bond acceptors (Lipinski definition) is 2. The summed E-state index contributed by atoms with van der Waals surface area (Å²) in [4.78, 5) is 11.2. The molecule has 20 heavy (non-hydrogen) atoms. The van der Waals surface area contributed by atoms with Gasteiger partial charge in [-0.2, -0.15) is 13.2 Å². The Bertz CT molecular complexity index is 485. The van der Waals surface area contributed by atoms with Gasteiger partial charge >= 0.3 is 12.1 Å². The zero-order valence-electron chi connectivity index (χ0n) is 11.6. The first kappa shape index (κ1) is 16.3. The Labute approximate surface area is 116 Å².